The minimum atomic E-state index is -4.34. The zero-order chi connectivity index (χ0) is 13.8. The fourth-order valence-electron chi connectivity index (χ4n) is 1.77. The van der Waals surface area contributed by atoms with Crippen molar-refractivity contribution < 1.29 is 13.2 Å². The average molecular weight is 260 g/mol. The molecule has 0 saturated carbocycles. The van der Waals surface area contributed by atoms with Crippen LogP contribution in [0.4, 0.5) is 13.2 Å². The molecule has 1 atom stereocenters. The van der Waals surface area contributed by atoms with Crippen molar-refractivity contribution in [2.24, 2.45) is 5.29 Å². The van der Waals surface area contributed by atoms with E-state index in [2.05, 4.69) is 5.29 Å². The summed E-state index contributed by atoms with van der Waals surface area (Å²) in [5.74, 6) is 0. The van der Waals surface area contributed by atoms with Crippen LogP contribution in [0.1, 0.15) is 25.0 Å². The molecule has 0 saturated heterocycles. The van der Waals surface area contributed by atoms with Crippen molar-refractivity contribution in [2.45, 2.75) is 32.5 Å². The van der Waals surface area contributed by atoms with Gasteiger partial charge in [-0.2, -0.15) is 13.2 Å². The van der Waals surface area contributed by atoms with E-state index in [0.29, 0.717) is 18.5 Å². The molecule has 0 fully saturated rings. The van der Waals surface area contributed by atoms with Gasteiger partial charge in [0.05, 0.1) is 16.9 Å². The van der Waals surface area contributed by atoms with Crippen LogP contribution in [0.25, 0.3) is 0 Å². The van der Waals surface area contributed by atoms with Crippen LogP contribution in [0.3, 0.4) is 0 Å². The first-order valence-electron chi connectivity index (χ1n) is 5.64. The van der Waals surface area contributed by atoms with Crippen molar-refractivity contribution >= 4 is 0 Å². The fourth-order valence-corrected chi connectivity index (χ4v) is 1.77. The van der Waals surface area contributed by atoms with E-state index < -0.39 is 11.7 Å². The number of benzene rings is 1. The predicted molar refractivity (Wildman–Crippen MR) is 62.8 cm³/mol. The molecule has 100 valence electrons. The van der Waals surface area contributed by atoms with E-state index in [1.807, 2.05) is 0 Å². The van der Waals surface area contributed by atoms with Gasteiger partial charge in [0.15, 0.2) is 0 Å². The Morgan fingerprint density at radius 3 is 2.56 bits per heavy atom. The highest BCUT2D eigenvalue weighted by Gasteiger charge is 2.30. The first-order chi connectivity index (χ1) is 8.38. The number of alkyl halides is 3. The molecule has 0 bridgehead atoms. The zero-order valence-corrected chi connectivity index (χ0v) is 10.2. The molecule has 1 aromatic rings. The number of nitroso groups, excluding NO2 is 1. The number of halogens is 3. The molecule has 0 amide bonds. The van der Waals surface area contributed by atoms with Gasteiger partial charge in [-0.15, -0.1) is 4.91 Å². The number of rotatable bonds is 5. The van der Waals surface area contributed by atoms with Crippen molar-refractivity contribution in [1.82, 2.24) is 5.01 Å². The third-order valence-corrected chi connectivity index (χ3v) is 2.72. The lowest BCUT2D eigenvalue weighted by Crippen LogP contribution is -2.29. The van der Waals surface area contributed by atoms with E-state index in [9.17, 15) is 18.1 Å². The molecule has 0 N–H and O–H groups in total. The van der Waals surface area contributed by atoms with E-state index in [1.165, 1.54) is 11.1 Å². The molecule has 0 heterocycles. The van der Waals surface area contributed by atoms with Gasteiger partial charge >= 0.3 is 6.18 Å². The lowest BCUT2D eigenvalue weighted by molar-refractivity contribution is -0.137. The number of hydrogen-bond donors (Lipinski definition) is 0. The third-order valence-electron chi connectivity index (χ3n) is 2.72. The largest absolute Gasteiger partial charge is 0.416 e. The Hall–Kier alpha value is -1.59. The van der Waals surface area contributed by atoms with Gasteiger partial charge in [0.1, 0.15) is 0 Å². The minimum absolute atomic E-state index is 0.226. The van der Waals surface area contributed by atoms with E-state index >= 15 is 0 Å². The maximum atomic E-state index is 12.5. The summed E-state index contributed by atoms with van der Waals surface area (Å²) in [7, 11) is 0. The van der Waals surface area contributed by atoms with E-state index in [1.54, 1.807) is 19.9 Å². The molecule has 0 unspecified atom stereocenters. The molecule has 0 aliphatic carbocycles. The van der Waals surface area contributed by atoms with Gasteiger partial charge in [-0.1, -0.05) is 18.2 Å². The Labute approximate surface area is 104 Å². The van der Waals surface area contributed by atoms with Gasteiger partial charge in [0, 0.05) is 6.54 Å². The maximum absolute atomic E-state index is 12.5. The number of likely N-dealkylation sites (N-methyl/N-ethyl adjacent to an activating group) is 1. The molecular weight excluding hydrogens is 245 g/mol. The molecule has 0 aromatic heterocycles. The highest BCUT2D eigenvalue weighted by Crippen LogP contribution is 2.29. The molecule has 6 heteroatoms. The van der Waals surface area contributed by atoms with Crippen LogP contribution in [0, 0.1) is 4.91 Å². The minimum Gasteiger partial charge on any atom is -0.258 e. The van der Waals surface area contributed by atoms with Crippen LogP contribution in [0.5, 0.6) is 0 Å². The summed E-state index contributed by atoms with van der Waals surface area (Å²) < 4.78 is 37.6. The van der Waals surface area contributed by atoms with Gasteiger partial charge in [-0.25, -0.2) is 0 Å². The Kier molecular flexibility index (Phi) is 4.69. The second-order valence-corrected chi connectivity index (χ2v) is 4.09. The Morgan fingerprint density at radius 1 is 1.39 bits per heavy atom. The van der Waals surface area contributed by atoms with Crippen molar-refractivity contribution in [3.63, 3.8) is 0 Å². The third kappa shape index (κ3) is 3.72. The molecular formula is C12H15F3N2O. The molecule has 3 nitrogen and oxygen atoms in total. The van der Waals surface area contributed by atoms with Gasteiger partial charge in [0.25, 0.3) is 0 Å². The van der Waals surface area contributed by atoms with E-state index in [-0.39, 0.29) is 6.04 Å². The molecule has 0 aliphatic rings. The molecule has 0 spiro atoms. The highest BCUT2D eigenvalue weighted by atomic mass is 19.4. The summed E-state index contributed by atoms with van der Waals surface area (Å²) in [6.07, 6.45) is -3.99. The normalized spacial score (nSPS) is 13.2. The summed E-state index contributed by atoms with van der Waals surface area (Å²) in [6, 6.07) is 4.90. The Bertz CT molecular complexity index is 407. The quantitative estimate of drug-likeness (QED) is 0.598. The standard InChI is InChI=1S/C12H15F3N2O/c1-3-17(16-18)9(2)7-10-5-4-6-11(8-10)12(13,14)15/h4-6,8-9H,3,7H2,1-2H3/t9-/m0/s1. The van der Waals surface area contributed by atoms with Crippen molar-refractivity contribution in [3.05, 3.63) is 40.3 Å². The first kappa shape index (κ1) is 14.5. The van der Waals surface area contributed by atoms with Crippen LogP contribution in [-0.2, 0) is 12.6 Å². The van der Waals surface area contributed by atoms with Gasteiger partial charge < -0.3 is 0 Å². The average Bonchev–Trinajstić information content (AvgIpc) is 2.29. The van der Waals surface area contributed by atoms with Gasteiger partial charge in [0.2, 0.25) is 0 Å². The lowest BCUT2D eigenvalue weighted by Gasteiger charge is -2.21. The summed E-state index contributed by atoms with van der Waals surface area (Å²) in [5.41, 5.74) is -0.131. The van der Waals surface area contributed by atoms with Crippen LogP contribution < -0.4 is 0 Å². The summed E-state index contributed by atoms with van der Waals surface area (Å²) in [6.45, 7) is 3.96. The highest BCUT2D eigenvalue weighted by molar-refractivity contribution is 5.26. The topological polar surface area (TPSA) is 32.7 Å². The second kappa shape index (κ2) is 5.84. The molecule has 1 rings (SSSR count). The van der Waals surface area contributed by atoms with Crippen molar-refractivity contribution in [3.8, 4) is 0 Å². The summed E-state index contributed by atoms with van der Waals surface area (Å²) >= 11 is 0. The smallest absolute Gasteiger partial charge is 0.258 e. The fraction of sp³-hybridized carbons (Fsp3) is 0.500. The van der Waals surface area contributed by atoms with Crippen LogP contribution >= 0.6 is 0 Å². The predicted octanol–water partition coefficient (Wildman–Crippen LogP) is 3.64. The first-order valence-corrected chi connectivity index (χ1v) is 5.64. The molecule has 0 radical (unpaired) electrons. The SMILES string of the molecule is CCN(N=O)[C@@H](C)Cc1cccc(C(F)(F)F)c1. The maximum Gasteiger partial charge on any atom is 0.416 e. The van der Waals surface area contributed by atoms with Crippen LogP contribution in [0.15, 0.2) is 29.6 Å². The number of hydrogen-bond acceptors (Lipinski definition) is 2. The van der Waals surface area contributed by atoms with Gasteiger partial charge in [-0.3, -0.25) is 5.01 Å². The van der Waals surface area contributed by atoms with Crippen LogP contribution in [0.2, 0.25) is 0 Å². The number of nitrogens with zero attached hydrogens (tertiary/aromatic N) is 2. The Morgan fingerprint density at radius 2 is 2.06 bits per heavy atom. The monoisotopic (exact) mass is 260 g/mol. The van der Waals surface area contributed by atoms with Crippen LogP contribution in [-0.4, -0.2) is 17.6 Å². The Balaban J connectivity index is 2.82. The zero-order valence-electron chi connectivity index (χ0n) is 10.2. The van der Waals surface area contributed by atoms with E-state index in [0.717, 1.165) is 12.1 Å². The van der Waals surface area contributed by atoms with Crippen molar-refractivity contribution in [2.75, 3.05) is 6.54 Å². The molecule has 18 heavy (non-hydrogen) atoms. The molecule has 1 aromatic carbocycles. The van der Waals surface area contributed by atoms with Crippen molar-refractivity contribution in [1.29, 1.82) is 0 Å². The summed E-state index contributed by atoms with van der Waals surface area (Å²) in [4.78, 5) is 10.5. The second-order valence-electron chi connectivity index (χ2n) is 4.09. The lowest BCUT2D eigenvalue weighted by atomic mass is 10.0. The van der Waals surface area contributed by atoms with Gasteiger partial charge in [-0.05, 0) is 31.9 Å². The van der Waals surface area contributed by atoms with E-state index in [4.69, 9.17) is 0 Å². The molecule has 0 aliphatic heterocycles. The summed E-state index contributed by atoms with van der Waals surface area (Å²) in [5, 5.41) is 4.14.